The number of morpholine rings is 1. The minimum atomic E-state index is -0.238. The third kappa shape index (κ3) is 5.30. The predicted octanol–water partition coefficient (Wildman–Crippen LogP) is 2.45. The smallest absolute Gasteiger partial charge is 0.307 e. The van der Waals surface area contributed by atoms with Crippen LogP contribution in [0.3, 0.4) is 0 Å². The summed E-state index contributed by atoms with van der Waals surface area (Å²) >= 11 is 6.20. The van der Waals surface area contributed by atoms with Gasteiger partial charge < -0.3 is 14.8 Å². The highest BCUT2D eigenvalue weighted by Gasteiger charge is 2.16. The maximum Gasteiger partial charge on any atom is 0.307 e. The Morgan fingerprint density at radius 2 is 2.24 bits per heavy atom. The van der Waals surface area contributed by atoms with Crippen molar-refractivity contribution in [1.29, 1.82) is 0 Å². The Labute approximate surface area is 130 Å². The van der Waals surface area contributed by atoms with Crippen LogP contribution in [0.5, 0.6) is 0 Å². The van der Waals surface area contributed by atoms with Gasteiger partial charge in [0.1, 0.15) is 0 Å². The molecule has 1 aliphatic heterocycles. The molecule has 0 saturated carbocycles. The molecule has 2 rings (SSSR count). The van der Waals surface area contributed by atoms with Gasteiger partial charge in [-0.25, -0.2) is 0 Å². The number of hydrogen-bond donors (Lipinski definition) is 1. The number of alkyl halides is 1. The van der Waals surface area contributed by atoms with Crippen LogP contribution >= 0.6 is 11.6 Å². The predicted molar refractivity (Wildman–Crippen MR) is 82.6 cm³/mol. The number of carbonyl (C=O) groups excluding carboxylic acids is 1. The molecule has 1 saturated heterocycles. The van der Waals surface area contributed by atoms with Crippen LogP contribution in [0, 0.1) is 0 Å². The minimum absolute atomic E-state index is 0.231. The van der Waals surface area contributed by atoms with Crippen LogP contribution in [0.2, 0.25) is 0 Å². The molecule has 2 atom stereocenters. The van der Waals surface area contributed by atoms with Crippen LogP contribution in [-0.2, 0) is 20.7 Å². The van der Waals surface area contributed by atoms with Crippen molar-refractivity contribution in [2.45, 2.75) is 31.2 Å². The number of halogens is 1. The van der Waals surface area contributed by atoms with Crippen LogP contribution in [0.4, 0.5) is 0 Å². The van der Waals surface area contributed by atoms with Gasteiger partial charge in [-0.3, -0.25) is 4.79 Å². The van der Waals surface area contributed by atoms with Crippen LogP contribution < -0.4 is 5.32 Å². The van der Waals surface area contributed by atoms with Crippen molar-refractivity contribution >= 4 is 17.6 Å². The third-order valence-electron chi connectivity index (χ3n) is 3.45. The van der Waals surface area contributed by atoms with Gasteiger partial charge in [0.15, 0.2) is 0 Å². The lowest BCUT2D eigenvalue weighted by Gasteiger charge is -2.24. The van der Waals surface area contributed by atoms with E-state index in [1.54, 1.807) is 6.92 Å². The van der Waals surface area contributed by atoms with E-state index in [9.17, 15) is 4.79 Å². The monoisotopic (exact) mass is 311 g/mol. The number of carbonyl (C=O) groups is 1. The van der Waals surface area contributed by atoms with Gasteiger partial charge in [-0.1, -0.05) is 24.3 Å². The van der Waals surface area contributed by atoms with Crippen LogP contribution in [0.15, 0.2) is 24.3 Å². The van der Waals surface area contributed by atoms with E-state index in [1.807, 2.05) is 0 Å². The van der Waals surface area contributed by atoms with E-state index in [1.165, 1.54) is 5.56 Å². The quantitative estimate of drug-likeness (QED) is 0.647. The van der Waals surface area contributed by atoms with Crippen molar-refractivity contribution in [3.05, 3.63) is 35.4 Å². The zero-order valence-electron chi connectivity index (χ0n) is 12.3. The molecule has 5 heteroatoms. The topological polar surface area (TPSA) is 47.6 Å². The van der Waals surface area contributed by atoms with Crippen molar-refractivity contribution in [2.24, 2.45) is 0 Å². The summed E-state index contributed by atoms with van der Waals surface area (Å²) in [5.41, 5.74) is 2.34. The first kappa shape index (κ1) is 16.3. The van der Waals surface area contributed by atoms with Gasteiger partial charge in [-0.15, -0.1) is 11.6 Å². The summed E-state index contributed by atoms with van der Waals surface area (Å²) in [5, 5.41) is 3.19. The van der Waals surface area contributed by atoms with Crippen LogP contribution in [-0.4, -0.2) is 37.7 Å². The maximum absolute atomic E-state index is 11.4. The molecule has 0 radical (unpaired) electrons. The summed E-state index contributed by atoms with van der Waals surface area (Å²) in [7, 11) is 0. The van der Waals surface area contributed by atoms with Crippen LogP contribution in [0.25, 0.3) is 0 Å². The van der Waals surface area contributed by atoms with Gasteiger partial charge in [0.2, 0.25) is 0 Å². The SMILES string of the molecule is CCOC(=O)CC(Cl)Cc1ccc(C2COCCN2)cc1. The molecular weight excluding hydrogens is 290 g/mol. The lowest BCUT2D eigenvalue weighted by molar-refractivity contribution is -0.143. The summed E-state index contributed by atoms with van der Waals surface area (Å²) in [4.78, 5) is 11.4. The molecule has 0 aliphatic carbocycles. The minimum Gasteiger partial charge on any atom is -0.466 e. The van der Waals surface area contributed by atoms with Crippen molar-refractivity contribution in [1.82, 2.24) is 5.32 Å². The Morgan fingerprint density at radius 1 is 1.48 bits per heavy atom. The molecule has 0 aromatic heterocycles. The van der Waals surface area contributed by atoms with E-state index >= 15 is 0 Å². The maximum atomic E-state index is 11.4. The second kappa shape index (κ2) is 8.37. The van der Waals surface area contributed by atoms with Gasteiger partial charge in [-0.2, -0.15) is 0 Å². The van der Waals surface area contributed by atoms with Gasteiger partial charge in [0.05, 0.1) is 32.3 Å². The molecule has 116 valence electrons. The molecule has 4 nitrogen and oxygen atoms in total. The van der Waals surface area contributed by atoms with Crippen LogP contribution in [0.1, 0.15) is 30.5 Å². The van der Waals surface area contributed by atoms with E-state index in [4.69, 9.17) is 21.1 Å². The molecule has 1 aromatic carbocycles. The molecule has 21 heavy (non-hydrogen) atoms. The fourth-order valence-corrected chi connectivity index (χ4v) is 2.70. The highest BCUT2D eigenvalue weighted by molar-refractivity contribution is 6.21. The first-order valence-corrected chi connectivity index (χ1v) is 7.82. The molecule has 1 heterocycles. The summed E-state index contributed by atoms with van der Waals surface area (Å²) in [6.07, 6.45) is 0.907. The summed E-state index contributed by atoms with van der Waals surface area (Å²) in [5.74, 6) is -0.238. The Kier molecular flexibility index (Phi) is 6.49. The van der Waals surface area contributed by atoms with E-state index in [-0.39, 0.29) is 23.8 Å². The highest BCUT2D eigenvalue weighted by atomic mass is 35.5. The average Bonchev–Trinajstić information content (AvgIpc) is 2.49. The Morgan fingerprint density at radius 3 is 2.86 bits per heavy atom. The molecule has 1 aromatic rings. The number of benzene rings is 1. The summed E-state index contributed by atoms with van der Waals surface area (Å²) in [6.45, 7) is 4.56. The first-order chi connectivity index (χ1) is 10.2. The molecule has 0 bridgehead atoms. The largest absolute Gasteiger partial charge is 0.466 e. The number of ether oxygens (including phenoxy) is 2. The van der Waals surface area contributed by atoms with Crippen molar-refractivity contribution < 1.29 is 14.3 Å². The molecule has 0 amide bonds. The zero-order chi connectivity index (χ0) is 15.1. The van der Waals surface area contributed by atoms with E-state index < -0.39 is 0 Å². The Bertz CT molecular complexity index is 443. The lowest BCUT2D eigenvalue weighted by Crippen LogP contribution is -2.34. The van der Waals surface area contributed by atoms with Crippen molar-refractivity contribution in [3.63, 3.8) is 0 Å². The number of esters is 1. The van der Waals surface area contributed by atoms with Crippen molar-refractivity contribution in [3.8, 4) is 0 Å². The third-order valence-corrected chi connectivity index (χ3v) is 3.76. The Hall–Kier alpha value is -1.10. The van der Waals surface area contributed by atoms with Gasteiger partial charge in [0.25, 0.3) is 0 Å². The molecular formula is C16H22ClNO3. The van der Waals surface area contributed by atoms with Gasteiger partial charge in [0, 0.05) is 11.9 Å². The average molecular weight is 312 g/mol. The summed E-state index contributed by atoms with van der Waals surface area (Å²) in [6, 6.07) is 8.57. The zero-order valence-corrected chi connectivity index (χ0v) is 13.1. The summed E-state index contributed by atoms with van der Waals surface area (Å²) < 4.78 is 10.4. The van der Waals surface area contributed by atoms with E-state index in [0.29, 0.717) is 19.6 Å². The molecule has 1 fully saturated rings. The highest BCUT2D eigenvalue weighted by Crippen LogP contribution is 2.18. The number of hydrogen-bond acceptors (Lipinski definition) is 4. The van der Waals surface area contributed by atoms with E-state index in [0.717, 1.165) is 18.7 Å². The van der Waals surface area contributed by atoms with Gasteiger partial charge >= 0.3 is 5.97 Å². The number of nitrogens with one attached hydrogen (secondary N) is 1. The normalized spacial score (nSPS) is 20.0. The second-order valence-electron chi connectivity index (χ2n) is 5.13. The molecule has 1 aliphatic rings. The number of rotatable bonds is 6. The molecule has 1 N–H and O–H groups in total. The van der Waals surface area contributed by atoms with Crippen molar-refractivity contribution in [2.75, 3.05) is 26.4 Å². The molecule has 0 spiro atoms. The fourth-order valence-electron chi connectivity index (χ4n) is 2.39. The standard InChI is InChI=1S/C16H22ClNO3/c1-2-21-16(19)10-14(17)9-12-3-5-13(6-4-12)15-11-20-8-7-18-15/h3-6,14-15,18H,2,7-11H2,1H3. The molecule has 2 unspecified atom stereocenters. The van der Waals surface area contributed by atoms with E-state index in [2.05, 4.69) is 29.6 Å². The Balaban J connectivity index is 1.85. The van der Waals surface area contributed by atoms with Gasteiger partial charge in [-0.05, 0) is 24.5 Å². The second-order valence-corrected chi connectivity index (χ2v) is 5.75. The first-order valence-electron chi connectivity index (χ1n) is 7.38. The fraction of sp³-hybridized carbons (Fsp3) is 0.562. The lowest BCUT2D eigenvalue weighted by atomic mass is 10.0.